The number of aliphatic hydroxyl groups is 1. The molecular formula is C14H24N2OS. The van der Waals surface area contributed by atoms with E-state index in [9.17, 15) is 5.11 Å². The molecule has 0 amide bonds. The molecule has 1 aromatic rings. The molecule has 0 aliphatic carbocycles. The highest BCUT2D eigenvalue weighted by Crippen LogP contribution is 2.18. The Kier molecular flexibility index (Phi) is 6.54. The molecule has 0 fully saturated rings. The fraction of sp³-hybridized carbons (Fsp3) is 0.571. The van der Waals surface area contributed by atoms with Gasteiger partial charge < -0.3 is 10.8 Å². The van der Waals surface area contributed by atoms with E-state index in [-0.39, 0.29) is 0 Å². The van der Waals surface area contributed by atoms with Crippen LogP contribution in [0.3, 0.4) is 0 Å². The van der Waals surface area contributed by atoms with Crippen molar-refractivity contribution in [3.05, 3.63) is 29.8 Å². The molecule has 2 unspecified atom stereocenters. The highest BCUT2D eigenvalue weighted by Gasteiger charge is 2.16. The number of likely N-dealkylation sites (N-methyl/N-ethyl adjacent to an activating group) is 1. The van der Waals surface area contributed by atoms with Gasteiger partial charge in [-0.25, -0.2) is 0 Å². The van der Waals surface area contributed by atoms with Gasteiger partial charge in [0, 0.05) is 24.0 Å². The smallest absolute Gasteiger partial charge is 0.0916 e. The van der Waals surface area contributed by atoms with Crippen molar-refractivity contribution in [3.63, 3.8) is 0 Å². The molecule has 2 atom stereocenters. The van der Waals surface area contributed by atoms with Crippen molar-refractivity contribution in [2.75, 3.05) is 31.3 Å². The third-order valence-corrected chi connectivity index (χ3v) is 3.95. The van der Waals surface area contributed by atoms with Crippen molar-refractivity contribution in [1.29, 1.82) is 0 Å². The molecular weight excluding hydrogens is 244 g/mol. The normalized spacial score (nSPS) is 14.7. The molecule has 0 spiro atoms. The Morgan fingerprint density at radius 3 is 2.44 bits per heavy atom. The van der Waals surface area contributed by atoms with Crippen molar-refractivity contribution in [2.45, 2.75) is 25.5 Å². The van der Waals surface area contributed by atoms with Gasteiger partial charge in [-0.15, -0.1) is 0 Å². The van der Waals surface area contributed by atoms with Crippen LogP contribution in [0.25, 0.3) is 0 Å². The van der Waals surface area contributed by atoms with Crippen molar-refractivity contribution >= 4 is 17.4 Å². The van der Waals surface area contributed by atoms with Gasteiger partial charge in [-0.1, -0.05) is 19.1 Å². The summed E-state index contributed by atoms with van der Waals surface area (Å²) in [5.41, 5.74) is 7.30. The quantitative estimate of drug-likeness (QED) is 0.746. The van der Waals surface area contributed by atoms with E-state index < -0.39 is 6.10 Å². The Morgan fingerprint density at radius 2 is 1.94 bits per heavy atom. The highest BCUT2D eigenvalue weighted by molar-refractivity contribution is 7.98. The van der Waals surface area contributed by atoms with Crippen LogP contribution in [0.5, 0.6) is 0 Å². The topological polar surface area (TPSA) is 49.5 Å². The van der Waals surface area contributed by atoms with Crippen LogP contribution in [0.1, 0.15) is 25.0 Å². The number of thioether (sulfide) groups is 1. The number of nitrogens with two attached hydrogens (primary N) is 1. The highest BCUT2D eigenvalue weighted by atomic mass is 32.2. The fourth-order valence-electron chi connectivity index (χ4n) is 1.99. The summed E-state index contributed by atoms with van der Waals surface area (Å²) in [6.07, 6.45) is 2.77. The first-order valence-corrected chi connectivity index (χ1v) is 7.70. The summed E-state index contributed by atoms with van der Waals surface area (Å²) >= 11 is 1.85. The number of benzene rings is 1. The number of hydrogen-bond donors (Lipinski definition) is 2. The van der Waals surface area contributed by atoms with Crippen LogP contribution >= 0.6 is 11.8 Å². The molecule has 0 heterocycles. The zero-order valence-corrected chi connectivity index (χ0v) is 12.3. The number of hydrogen-bond acceptors (Lipinski definition) is 4. The van der Waals surface area contributed by atoms with E-state index in [2.05, 4.69) is 25.1 Å². The van der Waals surface area contributed by atoms with Gasteiger partial charge in [0.25, 0.3) is 0 Å². The predicted octanol–water partition coefficient (Wildman–Crippen LogP) is 2.38. The summed E-state index contributed by atoms with van der Waals surface area (Å²) < 4.78 is 0. The molecule has 0 saturated carbocycles. The minimum absolute atomic E-state index is 0.452. The van der Waals surface area contributed by atoms with E-state index >= 15 is 0 Å². The Morgan fingerprint density at radius 1 is 1.33 bits per heavy atom. The molecule has 3 N–H and O–H groups in total. The van der Waals surface area contributed by atoms with Crippen LogP contribution in [-0.4, -0.2) is 41.6 Å². The summed E-state index contributed by atoms with van der Waals surface area (Å²) in [6, 6.07) is 7.96. The summed E-state index contributed by atoms with van der Waals surface area (Å²) in [5, 5.41) is 10.2. The molecule has 0 radical (unpaired) electrons. The minimum atomic E-state index is -0.452. The van der Waals surface area contributed by atoms with Gasteiger partial charge in [0.1, 0.15) is 0 Å². The van der Waals surface area contributed by atoms with Crippen molar-refractivity contribution in [1.82, 2.24) is 4.90 Å². The zero-order valence-electron chi connectivity index (χ0n) is 11.5. The molecule has 0 aromatic heterocycles. The van der Waals surface area contributed by atoms with E-state index in [1.807, 2.05) is 36.0 Å². The lowest BCUT2D eigenvalue weighted by atomic mass is 10.1. The van der Waals surface area contributed by atoms with Crippen LogP contribution in [0.4, 0.5) is 5.69 Å². The van der Waals surface area contributed by atoms with Gasteiger partial charge in [-0.05, 0) is 37.4 Å². The van der Waals surface area contributed by atoms with Gasteiger partial charge in [-0.3, -0.25) is 4.90 Å². The molecule has 0 saturated heterocycles. The number of rotatable bonds is 7. The molecule has 3 nitrogen and oxygen atoms in total. The second-order valence-electron chi connectivity index (χ2n) is 4.64. The summed E-state index contributed by atoms with van der Waals surface area (Å²) in [6.45, 7) is 2.84. The van der Waals surface area contributed by atoms with Crippen LogP contribution in [-0.2, 0) is 0 Å². The first-order valence-electron chi connectivity index (χ1n) is 6.31. The Hall–Kier alpha value is -0.710. The molecule has 0 bridgehead atoms. The van der Waals surface area contributed by atoms with Gasteiger partial charge in [0.2, 0.25) is 0 Å². The summed E-state index contributed by atoms with van der Waals surface area (Å²) in [5.74, 6) is 1.10. The number of aliphatic hydroxyl groups excluding tert-OH is 1. The van der Waals surface area contributed by atoms with E-state index in [4.69, 9.17) is 5.73 Å². The van der Waals surface area contributed by atoms with E-state index in [0.29, 0.717) is 12.6 Å². The van der Waals surface area contributed by atoms with Crippen LogP contribution in [0.15, 0.2) is 24.3 Å². The predicted molar refractivity (Wildman–Crippen MR) is 80.9 cm³/mol. The maximum Gasteiger partial charge on any atom is 0.0916 e. The average molecular weight is 268 g/mol. The first-order chi connectivity index (χ1) is 8.58. The second kappa shape index (κ2) is 7.67. The lowest BCUT2D eigenvalue weighted by Gasteiger charge is -2.28. The Balaban J connectivity index is 2.57. The van der Waals surface area contributed by atoms with Crippen LogP contribution in [0, 0.1) is 0 Å². The molecule has 4 heteroatoms. The third-order valence-electron chi connectivity index (χ3n) is 3.24. The minimum Gasteiger partial charge on any atom is -0.399 e. The molecule has 0 aliphatic heterocycles. The van der Waals surface area contributed by atoms with Crippen LogP contribution in [0.2, 0.25) is 0 Å². The van der Waals surface area contributed by atoms with Gasteiger partial charge in [-0.2, -0.15) is 11.8 Å². The SMILES string of the molecule is CCC(CSC)N(C)CC(O)c1ccc(N)cc1. The molecule has 18 heavy (non-hydrogen) atoms. The van der Waals surface area contributed by atoms with Crippen molar-refractivity contribution in [3.8, 4) is 0 Å². The Bertz CT molecular complexity index is 342. The maximum absolute atomic E-state index is 10.2. The van der Waals surface area contributed by atoms with Gasteiger partial charge in [0.15, 0.2) is 0 Å². The lowest BCUT2D eigenvalue weighted by Crippen LogP contribution is -2.36. The van der Waals surface area contributed by atoms with E-state index in [1.54, 1.807) is 0 Å². The number of nitrogen functional groups attached to an aromatic ring is 1. The lowest BCUT2D eigenvalue weighted by molar-refractivity contribution is 0.108. The van der Waals surface area contributed by atoms with Gasteiger partial charge in [0.05, 0.1) is 6.10 Å². The summed E-state index contributed by atoms with van der Waals surface area (Å²) in [7, 11) is 2.07. The van der Waals surface area contributed by atoms with Crippen molar-refractivity contribution < 1.29 is 5.11 Å². The zero-order chi connectivity index (χ0) is 13.5. The van der Waals surface area contributed by atoms with E-state index in [0.717, 1.165) is 23.4 Å². The largest absolute Gasteiger partial charge is 0.399 e. The van der Waals surface area contributed by atoms with Crippen molar-refractivity contribution in [2.24, 2.45) is 0 Å². The maximum atomic E-state index is 10.2. The molecule has 0 aliphatic rings. The molecule has 1 rings (SSSR count). The van der Waals surface area contributed by atoms with E-state index in [1.165, 1.54) is 0 Å². The number of nitrogens with zero attached hydrogens (tertiary/aromatic N) is 1. The van der Waals surface area contributed by atoms with Gasteiger partial charge >= 0.3 is 0 Å². The standard InChI is InChI=1S/C14H24N2OS/c1-4-13(10-18-3)16(2)9-14(17)11-5-7-12(15)8-6-11/h5-8,13-14,17H,4,9-10,15H2,1-3H3. The monoisotopic (exact) mass is 268 g/mol. The third kappa shape index (κ3) is 4.52. The van der Waals surface area contributed by atoms with Crippen LogP contribution < -0.4 is 5.73 Å². The fourth-order valence-corrected chi connectivity index (χ4v) is 2.87. The molecule has 1 aromatic carbocycles. The first kappa shape index (κ1) is 15.3. The summed E-state index contributed by atoms with van der Waals surface area (Å²) in [4.78, 5) is 2.23. The molecule has 102 valence electrons. The Labute approximate surface area is 114 Å². The average Bonchev–Trinajstić information content (AvgIpc) is 2.36. The second-order valence-corrected chi connectivity index (χ2v) is 5.55. The number of anilines is 1.